The van der Waals surface area contributed by atoms with E-state index in [1.54, 1.807) is 0 Å². The van der Waals surface area contributed by atoms with Crippen molar-refractivity contribution in [1.29, 1.82) is 0 Å². The van der Waals surface area contributed by atoms with Crippen molar-refractivity contribution < 1.29 is 0 Å². The van der Waals surface area contributed by atoms with Crippen LogP contribution in [0.15, 0.2) is 60.7 Å². The van der Waals surface area contributed by atoms with E-state index in [-0.39, 0.29) is 0 Å². The Balaban J connectivity index is 1.73. The zero-order valence-electron chi connectivity index (χ0n) is 16.5. The van der Waals surface area contributed by atoms with Crippen molar-refractivity contribution in [2.24, 2.45) is 0 Å². The van der Waals surface area contributed by atoms with Crippen molar-refractivity contribution in [2.75, 3.05) is 24.6 Å². The molecule has 3 aromatic rings. The second-order valence-electron chi connectivity index (χ2n) is 7.16. The Kier molecular flexibility index (Phi) is 5.92. The zero-order chi connectivity index (χ0) is 19.2. The van der Waals surface area contributed by atoms with Gasteiger partial charge in [-0.05, 0) is 25.3 Å². The molecule has 0 unspecified atom stereocenters. The highest BCUT2D eigenvalue weighted by atomic mass is 15.6. The molecule has 28 heavy (non-hydrogen) atoms. The molecule has 0 atom stereocenters. The van der Waals surface area contributed by atoms with Crippen molar-refractivity contribution in [3.63, 3.8) is 0 Å². The van der Waals surface area contributed by atoms with Gasteiger partial charge in [0.15, 0.2) is 11.6 Å². The lowest BCUT2D eigenvalue weighted by Crippen LogP contribution is -2.46. The average molecular weight is 374 g/mol. The van der Waals surface area contributed by atoms with Crippen molar-refractivity contribution in [3.8, 4) is 11.4 Å². The summed E-state index contributed by atoms with van der Waals surface area (Å²) in [4.78, 5) is 4.96. The summed E-state index contributed by atoms with van der Waals surface area (Å²) in [5.74, 6) is 1.57. The molecule has 2 aromatic carbocycles. The Morgan fingerprint density at radius 2 is 1.54 bits per heavy atom. The van der Waals surface area contributed by atoms with Crippen LogP contribution in [0.3, 0.4) is 0 Å². The molecule has 4 rings (SSSR count). The minimum Gasteiger partial charge on any atom is -0.287 e. The Bertz CT molecular complexity index is 876. The molecule has 1 aliphatic rings. The fraction of sp³-hybridized carbons (Fsp3) is 0.348. The highest BCUT2D eigenvalue weighted by Gasteiger charge is 2.23. The smallest absolute Gasteiger partial charge is 0.187 e. The number of nitrogens with zero attached hydrogens (tertiary/aromatic N) is 5. The number of piperidine rings is 1. The Morgan fingerprint density at radius 1 is 0.857 bits per heavy atom. The third-order valence-corrected chi connectivity index (χ3v) is 5.20. The second-order valence-corrected chi connectivity index (χ2v) is 7.16. The first-order valence-corrected chi connectivity index (χ1v) is 10.2. The molecule has 0 N–H and O–H groups in total. The normalized spacial score (nSPS) is 14.8. The van der Waals surface area contributed by atoms with Gasteiger partial charge in [-0.25, -0.2) is 9.99 Å². The Morgan fingerprint density at radius 3 is 2.21 bits per heavy atom. The topological polar surface area (TPSA) is 45.2 Å². The number of rotatable bonds is 6. The summed E-state index contributed by atoms with van der Waals surface area (Å²) in [6.45, 7) is 5.18. The van der Waals surface area contributed by atoms with E-state index in [0.717, 1.165) is 43.1 Å². The first kappa shape index (κ1) is 18.6. The standard InChI is InChI=1S/C23H27N5/c1-2-28(27-16-10-5-11-17-27)23-21(18-19-12-6-3-7-13-19)24-22(25-26-23)20-14-8-4-9-15-20/h3-4,6-9,12-15H,2,5,10-11,16-18H2,1H3. The van der Waals surface area contributed by atoms with Crippen LogP contribution in [0.1, 0.15) is 37.4 Å². The summed E-state index contributed by atoms with van der Waals surface area (Å²) in [5, 5.41) is 13.8. The van der Waals surface area contributed by atoms with Crippen LogP contribution in [-0.4, -0.2) is 39.8 Å². The van der Waals surface area contributed by atoms with Crippen LogP contribution < -0.4 is 5.01 Å². The maximum Gasteiger partial charge on any atom is 0.187 e. The van der Waals surface area contributed by atoms with E-state index in [9.17, 15) is 0 Å². The molecule has 5 heteroatoms. The van der Waals surface area contributed by atoms with Gasteiger partial charge in [0.1, 0.15) is 0 Å². The lowest BCUT2D eigenvalue weighted by atomic mass is 10.1. The maximum absolute atomic E-state index is 4.96. The van der Waals surface area contributed by atoms with Crippen molar-refractivity contribution in [2.45, 2.75) is 32.6 Å². The molecule has 0 spiro atoms. The fourth-order valence-electron chi connectivity index (χ4n) is 3.77. The monoisotopic (exact) mass is 373 g/mol. The van der Waals surface area contributed by atoms with Gasteiger partial charge in [0.05, 0.1) is 5.69 Å². The molecule has 0 aliphatic carbocycles. The number of hydrogen-bond acceptors (Lipinski definition) is 5. The summed E-state index contributed by atoms with van der Waals surface area (Å²) >= 11 is 0. The highest BCUT2D eigenvalue weighted by Crippen LogP contribution is 2.25. The summed E-state index contributed by atoms with van der Waals surface area (Å²) in [5.41, 5.74) is 3.21. The molecule has 0 bridgehead atoms. The SMILES string of the molecule is CCN(c1nnc(-c2ccccc2)nc1Cc1ccccc1)N1CCCCC1. The van der Waals surface area contributed by atoms with E-state index in [0.29, 0.717) is 5.82 Å². The van der Waals surface area contributed by atoms with Crippen LogP contribution >= 0.6 is 0 Å². The molecule has 1 aliphatic heterocycles. The van der Waals surface area contributed by atoms with Crippen LogP contribution in [0.2, 0.25) is 0 Å². The van der Waals surface area contributed by atoms with E-state index in [2.05, 4.69) is 51.4 Å². The van der Waals surface area contributed by atoms with E-state index in [1.165, 1.54) is 24.8 Å². The molecular formula is C23H27N5. The average Bonchev–Trinajstić information content (AvgIpc) is 2.77. The molecule has 1 fully saturated rings. The number of anilines is 1. The minimum atomic E-state index is 0.685. The largest absolute Gasteiger partial charge is 0.287 e. The lowest BCUT2D eigenvalue weighted by molar-refractivity contribution is 0.208. The van der Waals surface area contributed by atoms with E-state index in [1.807, 2.05) is 36.4 Å². The second kappa shape index (κ2) is 8.93. The first-order chi connectivity index (χ1) is 13.8. The van der Waals surface area contributed by atoms with Gasteiger partial charge in [0.2, 0.25) is 0 Å². The van der Waals surface area contributed by atoms with E-state index < -0.39 is 0 Å². The summed E-state index contributed by atoms with van der Waals surface area (Å²) < 4.78 is 0. The van der Waals surface area contributed by atoms with Gasteiger partial charge in [0.25, 0.3) is 0 Å². The van der Waals surface area contributed by atoms with Crippen LogP contribution in [0.4, 0.5) is 5.82 Å². The maximum atomic E-state index is 4.96. The van der Waals surface area contributed by atoms with Gasteiger partial charge in [-0.1, -0.05) is 67.1 Å². The molecule has 1 aromatic heterocycles. The summed E-state index contributed by atoms with van der Waals surface area (Å²) in [7, 11) is 0. The van der Waals surface area contributed by atoms with Gasteiger partial charge >= 0.3 is 0 Å². The van der Waals surface area contributed by atoms with Crippen LogP contribution in [0.5, 0.6) is 0 Å². The van der Waals surface area contributed by atoms with Crippen LogP contribution in [-0.2, 0) is 6.42 Å². The zero-order valence-corrected chi connectivity index (χ0v) is 16.5. The molecule has 0 radical (unpaired) electrons. The summed E-state index contributed by atoms with van der Waals surface area (Å²) in [6, 6.07) is 20.6. The molecule has 1 saturated heterocycles. The van der Waals surface area contributed by atoms with Gasteiger partial charge in [0, 0.05) is 31.6 Å². The van der Waals surface area contributed by atoms with Gasteiger partial charge < -0.3 is 0 Å². The third-order valence-electron chi connectivity index (χ3n) is 5.20. The highest BCUT2D eigenvalue weighted by molar-refractivity contribution is 5.56. The molecule has 0 saturated carbocycles. The molecule has 2 heterocycles. The van der Waals surface area contributed by atoms with Gasteiger partial charge in [-0.2, -0.15) is 0 Å². The molecule has 144 valence electrons. The van der Waals surface area contributed by atoms with Crippen LogP contribution in [0.25, 0.3) is 11.4 Å². The van der Waals surface area contributed by atoms with Gasteiger partial charge in [-0.15, -0.1) is 10.2 Å². The first-order valence-electron chi connectivity index (χ1n) is 10.2. The molecule has 0 amide bonds. The van der Waals surface area contributed by atoms with Gasteiger partial charge in [-0.3, -0.25) is 5.01 Å². The van der Waals surface area contributed by atoms with Crippen molar-refractivity contribution in [3.05, 3.63) is 71.9 Å². The quantitative estimate of drug-likeness (QED) is 0.642. The van der Waals surface area contributed by atoms with Crippen molar-refractivity contribution in [1.82, 2.24) is 20.2 Å². The predicted molar refractivity (Wildman–Crippen MR) is 113 cm³/mol. The molecular weight excluding hydrogens is 346 g/mol. The number of benzene rings is 2. The lowest BCUT2D eigenvalue weighted by Gasteiger charge is -2.37. The Labute approximate surface area is 167 Å². The number of aromatic nitrogens is 3. The van der Waals surface area contributed by atoms with E-state index in [4.69, 9.17) is 4.98 Å². The predicted octanol–water partition coefficient (Wildman–Crippen LogP) is 4.36. The fourth-order valence-corrected chi connectivity index (χ4v) is 3.77. The number of hydrazine groups is 1. The summed E-state index contributed by atoms with van der Waals surface area (Å²) in [6.07, 6.45) is 4.51. The minimum absolute atomic E-state index is 0.685. The number of hydrogen-bond donors (Lipinski definition) is 0. The Hall–Kier alpha value is -2.79. The van der Waals surface area contributed by atoms with Crippen LogP contribution in [0, 0.1) is 0 Å². The molecule has 5 nitrogen and oxygen atoms in total. The van der Waals surface area contributed by atoms with E-state index >= 15 is 0 Å². The van der Waals surface area contributed by atoms with Crippen molar-refractivity contribution >= 4 is 5.82 Å². The third kappa shape index (κ3) is 4.20.